The van der Waals surface area contributed by atoms with E-state index in [1.54, 1.807) is 0 Å². The third kappa shape index (κ3) is 3.20. The second kappa shape index (κ2) is 5.04. The first-order valence-electron chi connectivity index (χ1n) is 3.00. The Bertz CT molecular complexity index is 289. The van der Waals surface area contributed by atoms with Crippen LogP contribution in [-0.2, 0) is 32.7 Å². The van der Waals surface area contributed by atoms with Crippen molar-refractivity contribution in [3.05, 3.63) is 39.9 Å². The van der Waals surface area contributed by atoms with E-state index >= 15 is 0 Å². The summed E-state index contributed by atoms with van der Waals surface area (Å²) in [6.07, 6.45) is 0. The number of hydrogen-bond acceptors (Lipinski definition) is 3. The average molecular weight is 255 g/mol. The fourth-order valence-electron chi connectivity index (χ4n) is 0.663. The van der Waals surface area contributed by atoms with Gasteiger partial charge in [0.05, 0.1) is 0 Å². The number of nitrogens with zero attached hydrogens (tertiary/aromatic N) is 1. The molecule has 0 saturated heterocycles. The summed E-state index contributed by atoms with van der Waals surface area (Å²) in [5, 5.41) is 18.5. The van der Waals surface area contributed by atoms with Crippen molar-refractivity contribution in [3.8, 4) is 0 Å². The topological polar surface area (TPSA) is 80.4 Å². The van der Waals surface area contributed by atoms with E-state index < -0.39 is 10.9 Å². The summed E-state index contributed by atoms with van der Waals surface area (Å²) in [5.41, 5.74) is -0.249. The molecule has 1 aromatic carbocycles. The van der Waals surface area contributed by atoms with Crippen LogP contribution in [0, 0.1) is 16.2 Å². The van der Waals surface area contributed by atoms with Crippen LogP contribution in [-0.4, -0.2) is 16.0 Å². The van der Waals surface area contributed by atoms with Gasteiger partial charge in [-0.2, -0.15) is 12.1 Å². The van der Waals surface area contributed by atoms with E-state index in [9.17, 15) is 14.9 Å². The molecule has 0 aliphatic heterocycles. The Morgan fingerprint density at radius 2 is 2.15 bits per heavy atom. The summed E-state index contributed by atoms with van der Waals surface area (Å²) in [5.74, 6) is -1.12. The minimum atomic E-state index is -1.12. The number of carboxylic acid groups (broad SMARTS) is 1. The number of carbonyl (C=O) groups is 1. The number of benzene rings is 1. The van der Waals surface area contributed by atoms with Gasteiger partial charge in [-0.25, -0.2) is 0 Å². The molecule has 0 aliphatic carbocycles. The zero-order chi connectivity index (χ0) is 9.14. The second-order valence-electron chi connectivity index (χ2n) is 2.02. The molecule has 1 rings (SSSR count). The number of nitro benzene ring substituents is 1. The zero-order valence-electron chi connectivity index (χ0n) is 6.43. The van der Waals surface area contributed by atoms with E-state index in [-0.39, 0.29) is 44.0 Å². The summed E-state index contributed by atoms with van der Waals surface area (Å²) < 4.78 is 0. The monoisotopic (exact) mass is 255 g/mol. The van der Waals surface area contributed by atoms with E-state index in [0.29, 0.717) is 0 Å². The number of carboxylic acids is 1. The molecule has 0 fully saturated rings. The molecule has 1 N–H and O–H groups in total. The van der Waals surface area contributed by atoms with E-state index in [0.717, 1.165) is 18.2 Å². The molecule has 65 valence electrons. The molecule has 1 radical (unpaired) electrons. The Labute approximate surface area is 98.8 Å². The van der Waals surface area contributed by atoms with Gasteiger partial charge in [-0.05, 0) is 0 Å². The van der Waals surface area contributed by atoms with Gasteiger partial charge in [0.25, 0.3) is 5.97 Å². The molecular formula is C7H4NO4Y-. The molecule has 5 nitrogen and oxygen atoms in total. The number of nitro groups is 1. The van der Waals surface area contributed by atoms with Crippen LogP contribution in [0.1, 0.15) is 10.4 Å². The average Bonchev–Trinajstić information content (AvgIpc) is 2.04. The minimum Gasteiger partial charge on any atom is -0.487 e. The van der Waals surface area contributed by atoms with Crippen LogP contribution in [0.25, 0.3) is 0 Å². The molecule has 0 aliphatic rings. The third-order valence-electron chi connectivity index (χ3n) is 1.24. The predicted octanol–water partition coefficient (Wildman–Crippen LogP) is 1.09. The van der Waals surface area contributed by atoms with Crippen molar-refractivity contribution in [1.29, 1.82) is 0 Å². The molecule has 0 heterocycles. The first kappa shape index (κ1) is 12.2. The summed E-state index contributed by atoms with van der Waals surface area (Å²) >= 11 is 0. The molecule has 0 spiro atoms. The van der Waals surface area contributed by atoms with Gasteiger partial charge in [-0.15, -0.1) is 6.07 Å². The van der Waals surface area contributed by atoms with Gasteiger partial charge >= 0.3 is 0 Å². The van der Waals surface area contributed by atoms with Crippen LogP contribution in [0.15, 0.2) is 18.2 Å². The summed E-state index contributed by atoms with van der Waals surface area (Å²) in [7, 11) is 0. The van der Waals surface area contributed by atoms with Crippen molar-refractivity contribution in [2.75, 3.05) is 0 Å². The van der Waals surface area contributed by atoms with E-state index in [2.05, 4.69) is 6.07 Å². The standard InChI is InChI=1S/C7H4NO4.Y/c9-7(10)5-1-3-6(4-2-5)8(11)12;/h1-3H,(H,9,10);/q-1;. The van der Waals surface area contributed by atoms with Crippen molar-refractivity contribution < 1.29 is 47.5 Å². The van der Waals surface area contributed by atoms with Gasteiger partial charge in [0.1, 0.15) is 0 Å². The maximum Gasteiger partial charge on any atom is 0.278 e. The Hall–Kier alpha value is -0.806. The molecule has 0 unspecified atom stereocenters. The Morgan fingerprint density at radius 1 is 1.54 bits per heavy atom. The summed E-state index contributed by atoms with van der Waals surface area (Å²) in [6, 6.07) is 5.57. The second-order valence-corrected chi connectivity index (χ2v) is 2.02. The van der Waals surface area contributed by atoms with E-state index in [1.807, 2.05) is 0 Å². The van der Waals surface area contributed by atoms with Crippen LogP contribution >= 0.6 is 0 Å². The van der Waals surface area contributed by atoms with E-state index in [4.69, 9.17) is 5.11 Å². The molecule has 0 bridgehead atoms. The molecule has 0 saturated carbocycles. The number of rotatable bonds is 2. The predicted molar refractivity (Wildman–Crippen MR) is 38.9 cm³/mol. The summed E-state index contributed by atoms with van der Waals surface area (Å²) in [4.78, 5) is 19.8. The van der Waals surface area contributed by atoms with Crippen molar-refractivity contribution in [2.45, 2.75) is 0 Å². The molecular weight excluding hydrogens is 251 g/mol. The Balaban J connectivity index is 0.00000144. The quantitative estimate of drug-likeness (QED) is 0.487. The molecule has 13 heavy (non-hydrogen) atoms. The minimum absolute atomic E-state index is 0. The molecule has 6 heteroatoms. The number of non-ortho nitro benzene ring substituents is 1. The maximum atomic E-state index is 10.3. The van der Waals surface area contributed by atoms with Crippen molar-refractivity contribution in [2.24, 2.45) is 0 Å². The van der Waals surface area contributed by atoms with Crippen LogP contribution in [0.2, 0.25) is 0 Å². The van der Waals surface area contributed by atoms with Crippen LogP contribution in [0.5, 0.6) is 0 Å². The first-order chi connectivity index (χ1) is 5.61. The van der Waals surface area contributed by atoms with E-state index in [1.165, 1.54) is 0 Å². The van der Waals surface area contributed by atoms with Crippen LogP contribution < -0.4 is 0 Å². The zero-order valence-corrected chi connectivity index (χ0v) is 9.27. The van der Waals surface area contributed by atoms with Crippen LogP contribution in [0.4, 0.5) is 5.69 Å². The van der Waals surface area contributed by atoms with Gasteiger partial charge in [0, 0.05) is 37.6 Å². The molecule has 1 aromatic rings. The van der Waals surface area contributed by atoms with Gasteiger partial charge in [0.2, 0.25) is 0 Å². The molecule has 0 amide bonds. The smallest absolute Gasteiger partial charge is 0.278 e. The molecule has 0 atom stereocenters. The fourth-order valence-corrected chi connectivity index (χ4v) is 0.663. The van der Waals surface area contributed by atoms with Gasteiger partial charge in [-0.3, -0.25) is 14.9 Å². The summed E-state index contributed by atoms with van der Waals surface area (Å²) in [6.45, 7) is 0. The number of aromatic carboxylic acids is 1. The van der Waals surface area contributed by atoms with Gasteiger partial charge < -0.3 is 5.11 Å². The normalized spacial score (nSPS) is 8.62. The largest absolute Gasteiger partial charge is 0.487 e. The fraction of sp³-hybridized carbons (Fsp3) is 0. The van der Waals surface area contributed by atoms with Crippen LogP contribution in [0.3, 0.4) is 0 Å². The SMILES string of the molecule is O=C(O)c1c[c-]c([N+](=O)[O-])cc1.[Y]. The van der Waals surface area contributed by atoms with Gasteiger partial charge in [-0.1, -0.05) is 11.6 Å². The Morgan fingerprint density at radius 3 is 2.46 bits per heavy atom. The number of hydrogen-bond donors (Lipinski definition) is 1. The van der Waals surface area contributed by atoms with Gasteiger partial charge in [0.15, 0.2) is 5.69 Å². The first-order valence-corrected chi connectivity index (χ1v) is 3.00. The van der Waals surface area contributed by atoms with Crippen molar-refractivity contribution >= 4 is 11.7 Å². The third-order valence-corrected chi connectivity index (χ3v) is 1.24. The Kier molecular flexibility index (Phi) is 4.73. The maximum absolute atomic E-state index is 10.3. The molecule has 0 aromatic heterocycles. The van der Waals surface area contributed by atoms with Crippen molar-refractivity contribution in [3.63, 3.8) is 0 Å². The van der Waals surface area contributed by atoms with Crippen molar-refractivity contribution in [1.82, 2.24) is 0 Å².